The number of amides is 3. The highest BCUT2D eigenvalue weighted by Crippen LogP contribution is 2.35. The topological polar surface area (TPSA) is 93.1 Å². The van der Waals surface area contributed by atoms with Crippen molar-refractivity contribution in [2.75, 3.05) is 12.3 Å². The average molecular weight is 471 g/mol. The van der Waals surface area contributed by atoms with Crippen LogP contribution in [0.3, 0.4) is 0 Å². The van der Waals surface area contributed by atoms with Gasteiger partial charge in [0.15, 0.2) is 5.16 Å². The maximum atomic E-state index is 13.8. The molecule has 1 aliphatic rings. The van der Waals surface area contributed by atoms with E-state index in [-0.39, 0.29) is 11.3 Å². The number of nitrogens with one attached hydrogen (secondary N) is 2. The van der Waals surface area contributed by atoms with Crippen LogP contribution >= 0.6 is 23.1 Å². The van der Waals surface area contributed by atoms with Gasteiger partial charge in [0.25, 0.3) is 5.56 Å². The number of nitrogens with zero attached hydrogens (tertiary/aromatic N) is 2. The molecule has 4 rings (SSSR count). The molecule has 0 atom stereocenters. The molecule has 3 aromatic rings. The maximum absolute atomic E-state index is 13.8. The normalized spacial score (nSPS) is 13.1. The van der Waals surface area contributed by atoms with E-state index in [9.17, 15) is 14.4 Å². The molecular weight excluding hydrogens is 444 g/mol. The number of imide groups is 1. The van der Waals surface area contributed by atoms with Crippen molar-refractivity contribution >= 4 is 45.3 Å². The first-order valence-electron chi connectivity index (χ1n) is 10.7. The van der Waals surface area contributed by atoms with Gasteiger partial charge in [-0.15, -0.1) is 11.3 Å². The molecule has 0 bridgehead atoms. The number of carbonyl (C=O) groups is 2. The second kappa shape index (κ2) is 9.46. The van der Waals surface area contributed by atoms with Gasteiger partial charge in [0.2, 0.25) is 5.91 Å². The van der Waals surface area contributed by atoms with Crippen molar-refractivity contribution in [3.05, 3.63) is 50.1 Å². The van der Waals surface area contributed by atoms with Gasteiger partial charge in [-0.25, -0.2) is 9.78 Å². The van der Waals surface area contributed by atoms with Crippen molar-refractivity contribution in [1.82, 2.24) is 20.2 Å². The fourth-order valence-corrected chi connectivity index (χ4v) is 6.06. The molecule has 32 heavy (non-hydrogen) atoms. The quantitative estimate of drug-likeness (QED) is 0.436. The molecular formula is C23H26N4O3S2. The van der Waals surface area contributed by atoms with Gasteiger partial charge >= 0.3 is 6.03 Å². The fourth-order valence-electron chi connectivity index (χ4n) is 3.95. The zero-order valence-electron chi connectivity index (χ0n) is 18.4. The summed E-state index contributed by atoms with van der Waals surface area (Å²) < 4.78 is 1.64. The third kappa shape index (κ3) is 4.45. The Morgan fingerprint density at radius 2 is 2.00 bits per heavy atom. The molecule has 9 heteroatoms. The van der Waals surface area contributed by atoms with E-state index in [1.54, 1.807) is 22.8 Å². The summed E-state index contributed by atoms with van der Waals surface area (Å²) in [6, 6.07) is 5.44. The molecule has 0 radical (unpaired) electrons. The Kier molecular flexibility index (Phi) is 6.66. The van der Waals surface area contributed by atoms with Gasteiger partial charge in [0.1, 0.15) is 4.83 Å². The first-order valence-corrected chi connectivity index (χ1v) is 12.5. The number of hydrogen-bond acceptors (Lipinski definition) is 6. The Morgan fingerprint density at radius 3 is 2.78 bits per heavy atom. The van der Waals surface area contributed by atoms with Gasteiger partial charge in [-0.2, -0.15) is 0 Å². The Balaban J connectivity index is 1.80. The van der Waals surface area contributed by atoms with Crippen LogP contribution in [-0.4, -0.2) is 33.8 Å². The van der Waals surface area contributed by atoms with E-state index in [4.69, 9.17) is 4.98 Å². The van der Waals surface area contributed by atoms with Crippen molar-refractivity contribution in [1.29, 1.82) is 0 Å². The number of thioether (sulfide) groups is 1. The van der Waals surface area contributed by atoms with Crippen LogP contribution in [0.2, 0.25) is 0 Å². The van der Waals surface area contributed by atoms with E-state index in [1.165, 1.54) is 16.6 Å². The molecule has 3 amide bonds. The number of hydrogen-bond donors (Lipinski definition) is 2. The SMILES string of the molecule is CCNC(=O)NC(=O)CSc1nc2sc3c(c2c(=O)n1-c1cc(C)ccc1C)CCCC3. The number of rotatable bonds is 5. The van der Waals surface area contributed by atoms with Crippen molar-refractivity contribution in [3.63, 3.8) is 0 Å². The van der Waals surface area contributed by atoms with Crippen LogP contribution in [0.1, 0.15) is 41.3 Å². The summed E-state index contributed by atoms with van der Waals surface area (Å²) >= 11 is 2.75. The molecule has 2 heterocycles. The van der Waals surface area contributed by atoms with E-state index in [0.717, 1.165) is 52.9 Å². The molecule has 0 fully saturated rings. The van der Waals surface area contributed by atoms with Crippen molar-refractivity contribution < 1.29 is 9.59 Å². The molecule has 0 saturated heterocycles. The van der Waals surface area contributed by atoms with Crippen LogP contribution in [0.5, 0.6) is 0 Å². The van der Waals surface area contributed by atoms with Gasteiger partial charge in [-0.05, 0) is 69.2 Å². The Morgan fingerprint density at radius 1 is 1.22 bits per heavy atom. The summed E-state index contributed by atoms with van der Waals surface area (Å²) in [4.78, 5) is 44.6. The van der Waals surface area contributed by atoms with Crippen LogP contribution in [-0.2, 0) is 17.6 Å². The van der Waals surface area contributed by atoms with Crippen molar-refractivity contribution in [2.45, 2.75) is 51.6 Å². The number of benzene rings is 1. The molecule has 0 saturated carbocycles. The Hall–Kier alpha value is -2.65. The molecule has 2 aromatic heterocycles. The van der Waals surface area contributed by atoms with Gasteiger partial charge in [0.05, 0.1) is 16.8 Å². The predicted octanol–water partition coefficient (Wildman–Crippen LogP) is 3.88. The molecule has 168 valence electrons. The van der Waals surface area contributed by atoms with Crippen LogP contribution in [0.4, 0.5) is 4.79 Å². The lowest BCUT2D eigenvalue weighted by Crippen LogP contribution is -2.40. The summed E-state index contributed by atoms with van der Waals surface area (Å²) in [5.74, 6) is -0.460. The third-order valence-corrected chi connectivity index (χ3v) is 7.61. The zero-order valence-corrected chi connectivity index (χ0v) is 20.0. The van der Waals surface area contributed by atoms with Crippen LogP contribution in [0.15, 0.2) is 28.2 Å². The molecule has 0 aliphatic heterocycles. The molecule has 1 aromatic carbocycles. The number of aryl methyl sites for hydroxylation is 4. The summed E-state index contributed by atoms with van der Waals surface area (Å²) in [5, 5.41) is 6.01. The van der Waals surface area contributed by atoms with Crippen LogP contribution in [0.25, 0.3) is 15.9 Å². The third-order valence-electron chi connectivity index (χ3n) is 5.49. The van der Waals surface area contributed by atoms with Crippen LogP contribution < -0.4 is 16.2 Å². The molecule has 7 nitrogen and oxygen atoms in total. The zero-order chi connectivity index (χ0) is 22.8. The number of thiophene rings is 1. The number of urea groups is 1. The van der Waals surface area contributed by atoms with Gasteiger partial charge < -0.3 is 5.32 Å². The standard InChI is InChI=1S/C23H26N4O3S2/c1-4-24-22(30)25-18(28)12-31-23-26-20-19(15-7-5-6-8-17(15)32-20)21(29)27(23)16-11-13(2)9-10-14(16)3/h9-11H,4-8,12H2,1-3H3,(H2,24,25,28,30). The highest BCUT2D eigenvalue weighted by molar-refractivity contribution is 7.99. The largest absolute Gasteiger partial charge is 0.338 e. The summed E-state index contributed by atoms with van der Waals surface area (Å²) in [6.07, 6.45) is 4.10. The smallest absolute Gasteiger partial charge is 0.321 e. The highest BCUT2D eigenvalue weighted by Gasteiger charge is 2.24. The second-order valence-corrected chi connectivity index (χ2v) is 9.94. The number of aromatic nitrogens is 2. The molecule has 1 aliphatic carbocycles. The predicted molar refractivity (Wildman–Crippen MR) is 129 cm³/mol. The van der Waals surface area contributed by atoms with Gasteiger partial charge in [-0.1, -0.05) is 23.9 Å². The number of fused-ring (bicyclic) bond motifs is 3. The van der Waals surface area contributed by atoms with E-state index < -0.39 is 11.9 Å². The highest BCUT2D eigenvalue weighted by atomic mass is 32.2. The van der Waals surface area contributed by atoms with Gasteiger partial charge in [0, 0.05) is 11.4 Å². The molecule has 2 N–H and O–H groups in total. The van der Waals surface area contributed by atoms with E-state index in [0.29, 0.717) is 17.1 Å². The molecule has 0 spiro atoms. The lowest BCUT2D eigenvalue weighted by Gasteiger charge is -2.16. The van der Waals surface area contributed by atoms with Crippen molar-refractivity contribution in [3.8, 4) is 5.69 Å². The summed E-state index contributed by atoms with van der Waals surface area (Å²) in [5.41, 5.74) is 3.81. The minimum atomic E-state index is -0.528. The minimum Gasteiger partial charge on any atom is -0.338 e. The Labute approximate surface area is 194 Å². The first kappa shape index (κ1) is 22.5. The molecule has 0 unspecified atom stereocenters. The maximum Gasteiger partial charge on any atom is 0.321 e. The summed E-state index contributed by atoms with van der Waals surface area (Å²) in [7, 11) is 0. The Bertz CT molecular complexity index is 1260. The van der Waals surface area contributed by atoms with Gasteiger partial charge in [-0.3, -0.25) is 19.5 Å². The minimum absolute atomic E-state index is 0.0228. The summed E-state index contributed by atoms with van der Waals surface area (Å²) in [6.45, 7) is 6.16. The van der Waals surface area contributed by atoms with E-state index >= 15 is 0 Å². The lowest BCUT2D eigenvalue weighted by atomic mass is 9.97. The second-order valence-electron chi connectivity index (χ2n) is 7.91. The van der Waals surface area contributed by atoms with E-state index in [2.05, 4.69) is 10.6 Å². The van der Waals surface area contributed by atoms with Crippen molar-refractivity contribution in [2.24, 2.45) is 0 Å². The first-order chi connectivity index (χ1) is 15.4. The monoisotopic (exact) mass is 470 g/mol. The number of carbonyl (C=O) groups excluding carboxylic acids is 2. The lowest BCUT2D eigenvalue weighted by molar-refractivity contribution is -0.117. The average Bonchev–Trinajstić information content (AvgIpc) is 3.13. The van der Waals surface area contributed by atoms with Crippen LogP contribution in [0, 0.1) is 13.8 Å². The van der Waals surface area contributed by atoms with E-state index in [1.807, 2.05) is 32.0 Å². The fraction of sp³-hybridized carbons (Fsp3) is 0.391.